The number of amides is 1. The molecule has 1 aromatic rings. The average molecular weight is 298 g/mol. The first-order valence-electron chi connectivity index (χ1n) is 6.82. The Labute approximate surface area is 124 Å². The van der Waals surface area contributed by atoms with Crippen LogP contribution in [-0.2, 0) is 0 Å². The molecule has 104 valence electrons. The fourth-order valence-corrected chi connectivity index (χ4v) is 3.28. The summed E-state index contributed by atoms with van der Waals surface area (Å²) < 4.78 is 0. The maximum atomic E-state index is 12.7. The van der Waals surface area contributed by atoms with Crippen LogP contribution >= 0.6 is 23.4 Å². The second kappa shape index (κ2) is 6.67. The number of piperidine rings is 1. The van der Waals surface area contributed by atoms with Crippen molar-refractivity contribution in [2.24, 2.45) is 0 Å². The third-order valence-electron chi connectivity index (χ3n) is 3.76. The van der Waals surface area contributed by atoms with Gasteiger partial charge in [-0.2, -0.15) is 0 Å². The minimum atomic E-state index is 0.0902. The van der Waals surface area contributed by atoms with Crippen molar-refractivity contribution in [3.8, 4) is 0 Å². The predicted octanol–water partition coefficient (Wildman–Crippen LogP) is 4.47. The number of likely N-dealkylation sites (tertiary alicyclic amines) is 1. The van der Waals surface area contributed by atoms with Crippen LogP contribution in [0.2, 0.25) is 5.02 Å². The summed E-state index contributed by atoms with van der Waals surface area (Å²) in [6, 6.07) is 6.06. The highest BCUT2D eigenvalue weighted by atomic mass is 35.5. The van der Waals surface area contributed by atoms with Crippen LogP contribution in [0.3, 0.4) is 0 Å². The summed E-state index contributed by atoms with van der Waals surface area (Å²) in [5.74, 6) is 0.0902. The molecule has 2 nitrogen and oxygen atoms in total. The molecular formula is C15H20ClNOS. The van der Waals surface area contributed by atoms with Gasteiger partial charge in [0, 0.05) is 17.5 Å². The van der Waals surface area contributed by atoms with Gasteiger partial charge in [-0.05, 0) is 50.1 Å². The standard InChI is InChI=1S/C15H20ClNOS/c1-3-11-6-4-5-9-17(11)15(18)13-10-12(19-2)7-8-14(13)16/h7-8,10-11H,3-6,9H2,1-2H3. The molecule has 4 heteroatoms. The van der Waals surface area contributed by atoms with E-state index in [1.807, 2.05) is 29.4 Å². The molecule has 2 rings (SSSR count). The molecule has 1 fully saturated rings. The van der Waals surface area contributed by atoms with Crippen molar-refractivity contribution >= 4 is 29.3 Å². The smallest absolute Gasteiger partial charge is 0.255 e. The third-order valence-corrected chi connectivity index (χ3v) is 4.82. The summed E-state index contributed by atoms with van der Waals surface area (Å²) >= 11 is 7.83. The predicted molar refractivity (Wildman–Crippen MR) is 82.2 cm³/mol. The first kappa shape index (κ1) is 14.7. The van der Waals surface area contributed by atoms with Gasteiger partial charge in [-0.15, -0.1) is 11.8 Å². The van der Waals surface area contributed by atoms with Crippen molar-refractivity contribution in [1.29, 1.82) is 0 Å². The van der Waals surface area contributed by atoms with Crippen molar-refractivity contribution in [3.63, 3.8) is 0 Å². The van der Waals surface area contributed by atoms with Gasteiger partial charge in [0.25, 0.3) is 5.91 Å². The molecule has 0 N–H and O–H groups in total. The Kier molecular flexibility index (Phi) is 5.17. The van der Waals surface area contributed by atoms with Crippen LogP contribution in [0.4, 0.5) is 0 Å². The second-order valence-corrected chi connectivity index (χ2v) is 6.19. The van der Waals surface area contributed by atoms with Gasteiger partial charge in [0.1, 0.15) is 0 Å². The highest BCUT2D eigenvalue weighted by Gasteiger charge is 2.27. The summed E-state index contributed by atoms with van der Waals surface area (Å²) in [7, 11) is 0. The number of hydrogen-bond acceptors (Lipinski definition) is 2. The van der Waals surface area contributed by atoms with Gasteiger partial charge in [0.15, 0.2) is 0 Å². The van der Waals surface area contributed by atoms with Crippen LogP contribution < -0.4 is 0 Å². The number of rotatable bonds is 3. The SMILES string of the molecule is CCC1CCCCN1C(=O)c1cc(SC)ccc1Cl. The van der Waals surface area contributed by atoms with E-state index in [2.05, 4.69) is 6.92 Å². The van der Waals surface area contributed by atoms with Gasteiger partial charge < -0.3 is 4.90 Å². The number of carbonyl (C=O) groups excluding carboxylic acids is 1. The zero-order chi connectivity index (χ0) is 13.8. The first-order chi connectivity index (χ1) is 9.17. The van der Waals surface area contributed by atoms with Crippen LogP contribution in [0.15, 0.2) is 23.1 Å². The van der Waals surface area contributed by atoms with Gasteiger partial charge >= 0.3 is 0 Å². The maximum Gasteiger partial charge on any atom is 0.255 e. The van der Waals surface area contributed by atoms with E-state index in [1.165, 1.54) is 6.42 Å². The quantitative estimate of drug-likeness (QED) is 0.767. The number of benzene rings is 1. The summed E-state index contributed by atoms with van der Waals surface area (Å²) in [6.07, 6.45) is 6.46. The molecule has 0 radical (unpaired) electrons. The van der Waals surface area contributed by atoms with Crippen molar-refractivity contribution in [2.75, 3.05) is 12.8 Å². The summed E-state index contributed by atoms with van der Waals surface area (Å²) in [6.45, 7) is 3.01. The number of nitrogens with zero attached hydrogens (tertiary/aromatic N) is 1. The number of carbonyl (C=O) groups is 1. The Hall–Kier alpha value is -0.670. The van der Waals surface area contributed by atoms with Crippen molar-refractivity contribution in [2.45, 2.75) is 43.5 Å². The Morgan fingerprint density at radius 2 is 2.26 bits per heavy atom. The molecule has 0 aliphatic carbocycles. The van der Waals surface area contributed by atoms with E-state index in [4.69, 9.17) is 11.6 Å². The molecule has 1 aliphatic heterocycles. The van der Waals surface area contributed by atoms with Crippen LogP contribution in [0.25, 0.3) is 0 Å². The number of thioether (sulfide) groups is 1. The van der Waals surface area contributed by atoms with E-state index in [0.29, 0.717) is 16.6 Å². The highest BCUT2D eigenvalue weighted by molar-refractivity contribution is 7.98. The van der Waals surface area contributed by atoms with Crippen molar-refractivity contribution < 1.29 is 4.79 Å². The monoisotopic (exact) mass is 297 g/mol. The van der Waals surface area contributed by atoms with E-state index < -0.39 is 0 Å². The number of halogens is 1. The topological polar surface area (TPSA) is 20.3 Å². The molecule has 1 amide bonds. The fourth-order valence-electron chi connectivity index (χ4n) is 2.64. The lowest BCUT2D eigenvalue weighted by atomic mass is 9.99. The third kappa shape index (κ3) is 3.26. The molecule has 19 heavy (non-hydrogen) atoms. The molecule has 1 aliphatic rings. The molecule has 1 aromatic carbocycles. The van der Waals surface area contributed by atoms with E-state index in [1.54, 1.807) is 11.8 Å². The van der Waals surface area contributed by atoms with Crippen molar-refractivity contribution in [1.82, 2.24) is 4.90 Å². The van der Waals surface area contributed by atoms with Crippen LogP contribution in [0.1, 0.15) is 43.0 Å². The lowest BCUT2D eigenvalue weighted by Crippen LogP contribution is -2.43. The van der Waals surface area contributed by atoms with Gasteiger partial charge in [0.05, 0.1) is 10.6 Å². The average Bonchev–Trinajstić information content (AvgIpc) is 2.47. The van der Waals surface area contributed by atoms with Gasteiger partial charge in [-0.1, -0.05) is 18.5 Å². The zero-order valence-corrected chi connectivity index (χ0v) is 13.1. The van der Waals surface area contributed by atoms with Crippen molar-refractivity contribution in [3.05, 3.63) is 28.8 Å². The molecule has 0 spiro atoms. The van der Waals surface area contributed by atoms with Gasteiger partial charge in [-0.3, -0.25) is 4.79 Å². The van der Waals surface area contributed by atoms with Gasteiger partial charge in [0.2, 0.25) is 0 Å². The normalized spacial score (nSPS) is 19.5. The van der Waals surface area contributed by atoms with E-state index in [9.17, 15) is 4.79 Å². The van der Waals surface area contributed by atoms with Gasteiger partial charge in [-0.25, -0.2) is 0 Å². The minimum Gasteiger partial charge on any atom is -0.336 e. The zero-order valence-electron chi connectivity index (χ0n) is 11.5. The lowest BCUT2D eigenvalue weighted by Gasteiger charge is -2.35. The fraction of sp³-hybridized carbons (Fsp3) is 0.533. The summed E-state index contributed by atoms with van der Waals surface area (Å²) in [4.78, 5) is 15.8. The molecule has 0 saturated carbocycles. The molecule has 1 atom stereocenters. The Bertz CT molecular complexity index is 463. The molecule has 1 unspecified atom stereocenters. The summed E-state index contributed by atoms with van der Waals surface area (Å²) in [5, 5.41) is 0.559. The van der Waals surface area contributed by atoms with E-state index >= 15 is 0 Å². The summed E-state index contributed by atoms with van der Waals surface area (Å²) in [5.41, 5.74) is 0.647. The molecule has 0 bridgehead atoms. The molecular weight excluding hydrogens is 278 g/mol. The molecule has 1 saturated heterocycles. The maximum absolute atomic E-state index is 12.7. The second-order valence-electron chi connectivity index (χ2n) is 4.90. The van der Waals surface area contributed by atoms with Crippen LogP contribution in [-0.4, -0.2) is 29.6 Å². The Balaban J connectivity index is 2.27. The first-order valence-corrected chi connectivity index (χ1v) is 8.42. The molecule has 1 heterocycles. The van der Waals surface area contributed by atoms with Crippen LogP contribution in [0, 0.1) is 0 Å². The molecule has 0 aromatic heterocycles. The lowest BCUT2D eigenvalue weighted by molar-refractivity contribution is 0.0608. The highest BCUT2D eigenvalue weighted by Crippen LogP contribution is 2.27. The Morgan fingerprint density at radius 3 is 2.95 bits per heavy atom. The minimum absolute atomic E-state index is 0.0902. The Morgan fingerprint density at radius 1 is 1.47 bits per heavy atom. The van der Waals surface area contributed by atoms with E-state index in [-0.39, 0.29) is 5.91 Å². The number of hydrogen-bond donors (Lipinski definition) is 0. The largest absolute Gasteiger partial charge is 0.336 e. The van der Waals surface area contributed by atoms with E-state index in [0.717, 1.165) is 30.7 Å². The van der Waals surface area contributed by atoms with Crippen LogP contribution in [0.5, 0.6) is 0 Å².